The molecule has 0 bridgehead atoms. The topological polar surface area (TPSA) is 77.5 Å². The molecule has 2 atom stereocenters. The smallest absolute Gasteiger partial charge is 0.486 e. The Labute approximate surface area is 215 Å². The Morgan fingerprint density at radius 1 is 1.05 bits per heavy atom. The zero-order chi connectivity index (χ0) is 26.4. The molecule has 0 saturated carbocycles. The fourth-order valence-electron chi connectivity index (χ4n) is 3.83. The lowest BCUT2D eigenvalue weighted by Gasteiger charge is -2.22. The van der Waals surface area contributed by atoms with Crippen molar-refractivity contribution in [3.63, 3.8) is 0 Å². The van der Waals surface area contributed by atoms with Gasteiger partial charge in [0, 0.05) is 18.0 Å². The summed E-state index contributed by atoms with van der Waals surface area (Å²) in [4.78, 5) is 27.2. The minimum atomic E-state index is -4.77. The van der Waals surface area contributed by atoms with E-state index in [0.717, 1.165) is 22.9 Å². The molecular weight excluding hydrogens is 505 g/mol. The standard InChI is InChI=1S/C27H23F3N2O4S/c1-17(21-3-2-14-31-16-21)35-23(20-9-11-22(12-10-20)36-27(28,29)30)13-8-18-4-6-19(7-5-18)15-24-25(33)32-26(34)37-24/h2-7,9-12,14,16,23-24H,1,8,13,15H2,(H,32,33,34)/t23-,24?/m1/s1. The number of carbonyl (C=O) groups is 2. The van der Waals surface area contributed by atoms with Gasteiger partial charge in [0.2, 0.25) is 5.91 Å². The van der Waals surface area contributed by atoms with Crippen molar-refractivity contribution in [2.24, 2.45) is 0 Å². The monoisotopic (exact) mass is 528 g/mol. The van der Waals surface area contributed by atoms with Gasteiger partial charge in [0.1, 0.15) is 17.6 Å². The fraction of sp³-hybridized carbons (Fsp3) is 0.222. The van der Waals surface area contributed by atoms with Gasteiger partial charge in [-0.2, -0.15) is 0 Å². The number of nitrogens with zero attached hydrogens (tertiary/aromatic N) is 1. The second kappa shape index (κ2) is 11.5. The fourth-order valence-corrected chi connectivity index (χ4v) is 4.69. The number of aromatic nitrogens is 1. The molecule has 1 fully saturated rings. The molecule has 1 saturated heterocycles. The number of amides is 2. The number of rotatable bonds is 10. The number of aryl methyl sites for hydroxylation is 1. The molecule has 1 aromatic heterocycles. The largest absolute Gasteiger partial charge is 0.573 e. The van der Waals surface area contributed by atoms with Crippen molar-refractivity contribution in [1.82, 2.24) is 10.3 Å². The number of nitrogens with one attached hydrogen (secondary N) is 1. The first kappa shape index (κ1) is 26.3. The lowest BCUT2D eigenvalue weighted by molar-refractivity contribution is -0.274. The van der Waals surface area contributed by atoms with Crippen molar-refractivity contribution in [3.05, 3.63) is 102 Å². The number of benzene rings is 2. The van der Waals surface area contributed by atoms with Gasteiger partial charge < -0.3 is 9.47 Å². The first-order valence-corrected chi connectivity index (χ1v) is 12.3. The summed E-state index contributed by atoms with van der Waals surface area (Å²) >= 11 is 0.992. The summed E-state index contributed by atoms with van der Waals surface area (Å²) in [6.07, 6.45) is -0.421. The van der Waals surface area contributed by atoms with Crippen molar-refractivity contribution in [2.45, 2.75) is 37.0 Å². The molecule has 0 radical (unpaired) electrons. The van der Waals surface area contributed by atoms with Gasteiger partial charge in [-0.15, -0.1) is 13.2 Å². The van der Waals surface area contributed by atoms with E-state index in [4.69, 9.17) is 4.74 Å². The third-order valence-electron chi connectivity index (χ3n) is 5.66. The van der Waals surface area contributed by atoms with Gasteiger partial charge in [-0.05, 0) is 60.2 Å². The summed E-state index contributed by atoms with van der Waals surface area (Å²) in [5.74, 6) is -0.196. The molecule has 1 N–H and O–H groups in total. The highest BCUT2D eigenvalue weighted by molar-refractivity contribution is 8.15. The van der Waals surface area contributed by atoms with Crippen LogP contribution in [0.2, 0.25) is 0 Å². The first-order valence-electron chi connectivity index (χ1n) is 11.4. The number of pyridine rings is 1. The summed E-state index contributed by atoms with van der Waals surface area (Å²) in [6.45, 7) is 3.99. The molecule has 0 aliphatic carbocycles. The molecule has 2 aromatic carbocycles. The van der Waals surface area contributed by atoms with Gasteiger partial charge in [0.25, 0.3) is 5.24 Å². The summed E-state index contributed by atoms with van der Waals surface area (Å²) in [7, 11) is 0. The summed E-state index contributed by atoms with van der Waals surface area (Å²) in [5.41, 5.74) is 3.32. The van der Waals surface area contributed by atoms with Crippen molar-refractivity contribution in [2.75, 3.05) is 0 Å². The van der Waals surface area contributed by atoms with Crippen LogP contribution in [0.3, 0.4) is 0 Å². The maximum atomic E-state index is 12.5. The molecule has 1 unspecified atom stereocenters. The average Bonchev–Trinajstić information content (AvgIpc) is 3.18. The number of thioether (sulfide) groups is 1. The Bertz CT molecular complexity index is 1250. The Morgan fingerprint density at radius 3 is 2.35 bits per heavy atom. The molecule has 192 valence electrons. The van der Waals surface area contributed by atoms with Crippen LogP contribution in [0.4, 0.5) is 18.0 Å². The quantitative estimate of drug-likeness (QED) is 0.314. The van der Waals surface area contributed by atoms with E-state index in [0.29, 0.717) is 36.1 Å². The average molecular weight is 529 g/mol. The van der Waals surface area contributed by atoms with E-state index < -0.39 is 17.7 Å². The number of carbonyl (C=O) groups excluding carboxylic acids is 2. The van der Waals surface area contributed by atoms with E-state index in [2.05, 4.69) is 21.6 Å². The number of ether oxygens (including phenoxy) is 2. The minimum Gasteiger partial charge on any atom is -0.486 e. The van der Waals surface area contributed by atoms with Crippen molar-refractivity contribution in [3.8, 4) is 5.75 Å². The van der Waals surface area contributed by atoms with Gasteiger partial charge in [0.15, 0.2) is 0 Å². The highest BCUT2D eigenvalue weighted by atomic mass is 32.2. The molecule has 37 heavy (non-hydrogen) atoms. The zero-order valence-corrected chi connectivity index (χ0v) is 20.4. The highest BCUT2D eigenvalue weighted by Gasteiger charge is 2.32. The Morgan fingerprint density at radius 2 is 1.76 bits per heavy atom. The molecule has 1 aliphatic heterocycles. The summed E-state index contributed by atoms with van der Waals surface area (Å²) in [6, 6.07) is 16.9. The molecular formula is C27H23F3N2O4S. The summed E-state index contributed by atoms with van der Waals surface area (Å²) < 4.78 is 47.8. The predicted octanol–water partition coefficient (Wildman–Crippen LogP) is 6.24. The maximum absolute atomic E-state index is 12.5. The van der Waals surface area contributed by atoms with Crippen LogP contribution >= 0.6 is 11.8 Å². The van der Waals surface area contributed by atoms with Crippen LogP contribution in [0.15, 0.2) is 79.6 Å². The van der Waals surface area contributed by atoms with Gasteiger partial charge in [-0.1, -0.05) is 54.7 Å². The van der Waals surface area contributed by atoms with Gasteiger partial charge in [0.05, 0.1) is 5.25 Å². The van der Waals surface area contributed by atoms with E-state index in [-0.39, 0.29) is 16.9 Å². The van der Waals surface area contributed by atoms with E-state index >= 15 is 0 Å². The van der Waals surface area contributed by atoms with Crippen LogP contribution in [-0.4, -0.2) is 27.7 Å². The lowest BCUT2D eigenvalue weighted by atomic mass is 9.99. The van der Waals surface area contributed by atoms with Crippen LogP contribution in [0.5, 0.6) is 5.75 Å². The molecule has 10 heteroatoms. The molecule has 6 nitrogen and oxygen atoms in total. The lowest BCUT2D eigenvalue weighted by Crippen LogP contribution is -2.25. The number of imide groups is 1. The van der Waals surface area contributed by atoms with E-state index in [9.17, 15) is 22.8 Å². The van der Waals surface area contributed by atoms with Crippen LogP contribution < -0.4 is 10.1 Å². The number of alkyl halides is 3. The van der Waals surface area contributed by atoms with Crippen LogP contribution in [0.1, 0.15) is 34.8 Å². The molecule has 1 aliphatic rings. The van der Waals surface area contributed by atoms with E-state index in [1.165, 1.54) is 24.3 Å². The number of hydrogen-bond donors (Lipinski definition) is 1. The molecule has 0 spiro atoms. The normalized spacial score (nSPS) is 16.2. The predicted molar refractivity (Wildman–Crippen MR) is 134 cm³/mol. The molecule has 2 heterocycles. The van der Waals surface area contributed by atoms with Crippen LogP contribution in [0.25, 0.3) is 5.76 Å². The third kappa shape index (κ3) is 7.60. The Hall–Kier alpha value is -3.79. The number of halogens is 3. The Kier molecular flexibility index (Phi) is 8.17. The maximum Gasteiger partial charge on any atom is 0.573 e. The second-order valence-corrected chi connectivity index (χ2v) is 9.51. The highest BCUT2D eigenvalue weighted by Crippen LogP contribution is 2.31. The number of hydrogen-bond acceptors (Lipinski definition) is 6. The van der Waals surface area contributed by atoms with Gasteiger partial charge in [-0.3, -0.25) is 19.9 Å². The Balaban J connectivity index is 1.44. The van der Waals surface area contributed by atoms with E-state index in [1.807, 2.05) is 30.3 Å². The van der Waals surface area contributed by atoms with Gasteiger partial charge in [-0.25, -0.2) is 0 Å². The van der Waals surface area contributed by atoms with Crippen LogP contribution in [-0.2, 0) is 22.4 Å². The minimum absolute atomic E-state index is 0.278. The zero-order valence-electron chi connectivity index (χ0n) is 19.5. The van der Waals surface area contributed by atoms with Crippen molar-refractivity contribution < 1.29 is 32.2 Å². The van der Waals surface area contributed by atoms with Crippen LogP contribution in [0, 0.1) is 0 Å². The first-order chi connectivity index (χ1) is 17.7. The SMILES string of the molecule is C=C(O[C@H](CCc1ccc(CC2SC(=O)NC2=O)cc1)c1ccc(OC(F)(F)F)cc1)c1cccnc1. The van der Waals surface area contributed by atoms with Gasteiger partial charge >= 0.3 is 6.36 Å². The third-order valence-corrected chi connectivity index (χ3v) is 6.64. The van der Waals surface area contributed by atoms with Crippen molar-refractivity contribution in [1.29, 1.82) is 0 Å². The van der Waals surface area contributed by atoms with E-state index in [1.54, 1.807) is 18.5 Å². The molecule has 4 rings (SSSR count). The molecule has 3 aromatic rings. The van der Waals surface area contributed by atoms with Crippen molar-refractivity contribution >= 4 is 28.7 Å². The summed E-state index contributed by atoms with van der Waals surface area (Å²) in [5, 5.41) is 1.52. The second-order valence-electron chi connectivity index (χ2n) is 8.33. The molecule has 2 amide bonds.